The lowest BCUT2D eigenvalue weighted by Gasteiger charge is -2.15. The van der Waals surface area contributed by atoms with Gasteiger partial charge in [-0.05, 0) is 48.5 Å². The number of nitrogens with zero attached hydrogens (tertiary/aromatic N) is 3. The molecule has 0 fully saturated rings. The lowest BCUT2D eigenvalue weighted by atomic mass is 10.2. The number of fused-ring (bicyclic) bond motifs is 1. The van der Waals surface area contributed by atoms with Gasteiger partial charge in [-0.1, -0.05) is 36.0 Å². The summed E-state index contributed by atoms with van der Waals surface area (Å²) in [5.41, 5.74) is 1.73. The highest BCUT2D eigenvalue weighted by atomic mass is 32.2. The molecule has 0 amide bonds. The van der Waals surface area contributed by atoms with E-state index in [0.717, 1.165) is 0 Å². The lowest BCUT2D eigenvalue weighted by molar-refractivity contribution is 0.344. The predicted octanol–water partition coefficient (Wildman–Crippen LogP) is 4.44. The fourth-order valence-electron chi connectivity index (χ4n) is 3.15. The summed E-state index contributed by atoms with van der Waals surface area (Å²) < 4.78 is 12.8. The second-order valence-electron chi connectivity index (χ2n) is 6.56. The molecule has 4 rings (SSSR count). The van der Waals surface area contributed by atoms with Crippen molar-refractivity contribution in [2.75, 3.05) is 19.5 Å². The molecule has 154 valence electrons. The summed E-state index contributed by atoms with van der Waals surface area (Å²) in [6, 6.07) is 23.7. The average Bonchev–Trinajstić information content (AvgIpc) is 2.82. The molecule has 0 radical (unpaired) electrons. The summed E-state index contributed by atoms with van der Waals surface area (Å²) in [5, 5.41) is 10.00. The molecule has 6 nitrogen and oxygen atoms in total. The molecule has 31 heavy (non-hydrogen) atoms. The van der Waals surface area contributed by atoms with Crippen molar-refractivity contribution in [3.63, 3.8) is 0 Å². The molecule has 1 heterocycles. The van der Waals surface area contributed by atoms with E-state index in [-0.39, 0.29) is 5.56 Å². The zero-order chi connectivity index (χ0) is 21.6. The van der Waals surface area contributed by atoms with Gasteiger partial charge >= 0.3 is 0 Å². The SMILES string of the molecule is COc1ccccc1-n1c(SCCOc2ccc(C#N)cc2)nc2ccccc2c1=O. The topological polar surface area (TPSA) is 77.1 Å². The van der Waals surface area contributed by atoms with Gasteiger partial charge in [-0.25, -0.2) is 4.98 Å². The number of ether oxygens (including phenoxy) is 2. The number of thioether (sulfide) groups is 1. The third-order valence-corrected chi connectivity index (χ3v) is 5.54. The van der Waals surface area contributed by atoms with E-state index in [2.05, 4.69) is 6.07 Å². The van der Waals surface area contributed by atoms with Crippen LogP contribution in [0.25, 0.3) is 16.6 Å². The first-order valence-electron chi connectivity index (χ1n) is 9.62. The van der Waals surface area contributed by atoms with Gasteiger partial charge in [0.1, 0.15) is 11.5 Å². The van der Waals surface area contributed by atoms with Crippen LogP contribution < -0.4 is 15.0 Å². The number of hydrogen-bond donors (Lipinski definition) is 0. The Morgan fingerprint density at radius 2 is 1.77 bits per heavy atom. The largest absolute Gasteiger partial charge is 0.495 e. The summed E-state index contributed by atoms with van der Waals surface area (Å²) in [5.74, 6) is 1.87. The van der Waals surface area contributed by atoms with E-state index in [9.17, 15) is 4.79 Å². The molecule has 0 N–H and O–H groups in total. The Kier molecular flexibility index (Phi) is 6.20. The number of aromatic nitrogens is 2. The number of rotatable bonds is 7. The van der Waals surface area contributed by atoms with Crippen LogP contribution in [0.15, 0.2) is 82.7 Å². The predicted molar refractivity (Wildman–Crippen MR) is 121 cm³/mol. The molecule has 1 aromatic heterocycles. The molecule has 0 aliphatic heterocycles. The molecule has 0 aliphatic carbocycles. The number of methoxy groups -OCH3 is 1. The number of para-hydroxylation sites is 3. The van der Waals surface area contributed by atoms with E-state index in [1.54, 1.807) is 42.0 Å². The highest BCUT2D eigenvalue weighted by molar-refractivity contribution is 7.99. The Labute approximate surface area is 183 Å². The Morgan fingerprint density at radius 1 is 1.03 bits per heavy atom. The second-order valence-corrected chi connectivity index (χ2v) is 7.62. The molecule has 3 aromatic carbocycles. The van der Waals surface area contributed by atoms with Crippen LogP contribution in [0, 0.1) is 11.3 Å². The van der Waals surface area contributed by atoms with Gasteiger partial charge in [0.2, 0.25) is 0 Å². The minimum absolute atomic E-state index is 0.148. The minimum atomic E-state index is -0.148. The number of hydrogen-bond acceptors (Lipinski definition) is 6. The molecule has 0 aliphatic rings. The molecule has 0 atom stereocenters. The molecule has 0 spiro atoms. The van der Waals surface area contributed by atoms with Crippen molar-refractivity contribution in [2.24, 2.45) is 0 Å². The van der Waals surface area contributed by atoms with Crippen molar-refractivity contribution < 1.29 is 9.47 Å². The van der Waals surface area contributed by atoms with Gasteiger partial charge in [0.25, 0.3) is 5.56 Å². The summed E-state index contributed by atoms with van der Waals surface area (Å²) >= 11 is 1.44. The van der Waals surface area contributed by atoms with Gasteiger partial charge < -0.3 is 9.47 Å². The summed E-state index contributed by atoms with van der Waals surface area (Å²) in [7, 11) is 1.58. The molecular formula is C24H19N3O3S. The Morgan fingerprint density at radius 3 is 2.55 bits per heavy atom. The molecule has 7 heteroatoms. The van der Waals surface area contributed by atoms with Crippen LogP contribution in [0.5, 0.6) is 11.5 Å². The standard InChI is InChI=1S/C24H19N3O3S/c1-29-22-9-5-4-8-21(22)27-23(28)19-6-2-3-7-20(19)26-24(27)31-15-14-30-18-12-10-17(16-25)11-13-18/h2-13H,14-15H2,1H3. The van der Waals surface area contributed by atoms with E-state index in [1.165, 1.54) is 11.8 Å². The summed E-state index contributed by atoms with van der Waals surface area (Å²) in [4.78, 5) is 18.1. The quantitative estimate of drug-likeness (QED) is 0.246. The Balaban J connectivity index is 1.63. The van der Waals surface area contributed by atoms with Crippen molar-refractivity contribution in [2.45, 2.75) is 5.16 Å². The van der Waals surface area contributed by atoms with Crippen molar-refractivity contribution in [1.29, 1.82) is 5.26 Å². The Hall–Kier alpha value is -3.76. The Bertz CT molecular complexity index is 1310. The first-order chi connectivity index (χ1) is 15.2. The van der Waals surface area contributed by atoms with Crippen LogP contribution in [-0.4, -0.2) is 29.0 Å². The zero-order valence-electron chi connectivity index (χ0n) is 16.8. The molecule has 0 bridgehead atoms. The van der Waals surface area contributed by atoms with Crippen molar-refractivity contribution in [1.82, 2.24) is 9.55 Å². The van der Waals surface area contributed by atoms with Crippen LogP contribution in [0.2, 0.25) is 0 Å². The fourth-order valence-corrected chi connectivity index (χ4v) is 3.98. The van der Waals surface area contributed by atoms with Gasteiger partial charge in [0.15, 0.2) is 5.16 Å². The average molecular weight is 430 g/mol. The normalized spacial score (nSPS) is 10.6. The van der Waals surface area contributed by atoms with Gasteiger partial charge in [0.05, 0.1) is 41.9 Å². The molecule has 0 saturated heterocycles. The smallest absolute Gasteiger partial charge is 0.266 e. The number of nitriles is 1. The van der Waals surface area contributed by atoms with Crippen molar-refractivity contribution in [3.8, 4) is 23.3 Å². The van der Waals surface area contributed by atoms with E-state index < -0.39 is 0 Å². The maximum Gasteiger partial charge on any atom is 0.266 e. The van der Waals surface area contributed by atoms with Crippen molar-refractivity contribution in [3.05, 3.63) is 88.7 Å². The van der Waals surface area contributed by atoms with Gasteiger partial charge in [-0.3, -0.25) is 9.36 Å². The van der Waals surface area contributed by atoms with E-state index in [1.807, 2.05) is 42.5 Å². The van der Waals surface area contributed by atoms with E-state index in [4.69, 9.17) is 19.7 Å². The third kappa shape index (κ3) is 4.39. The highest BCUT2D eigenvalue weighted by Gasteiger charge is 2.16. The van der Waals surface area contributed by atoms with Crippen LogP contribution >= 0.6 is 11.8 Å². The third-order valence-electron chi connectivity index (χ3n) is 4.64. The lowest BCUT2D eigenvalue weighted by Crippen LogP contribution is -2.22. The molecule has 0 saturated carbocycles. The molecule has 0 unspecified atom stereocenters. The molecule has 4 aromatic rings. The van der Waals surface area contributed by atoms with Crippen LogP contribution in [0.4, 0.5) is 0 Å². The first kappa shape index (κ1) is 20.5. The van der Waals surface area contributed by atoms with Crippen LogP contribution in [0.3, 0.4) is 0 Å². The van der Waals surface area contributed by atoms with Crippen molar-refractivity contribution >= 4 is 22.7 Å². The first-order valence-corrected chi connectivity index (χ1v) is 10.6. The molecular weight excluding hydrogens is 410 g/mol. The second kappa shape index (κ2) is 9.37. The van der Waals surface area contributed by atoms with Crippen LogP contribution in [0.1, 0.15) is 5.56 Å². The van der Waals surface area contributed by atoms with Gasteiger partial charge in [-0.2, -0.15) is 5.26 Å². The number of benzene rings is 3. The van der Waals surface area contributed by atoms with Gasteiger partial charge in [-0.15, -0.1) is 0 Å². The highest BCUT2D eigenvalue weighted by Crippen LogP contribution is 2.27. The van der Waals surface area contributed by atoms with Crippen LogP contribution in [-0.2, 0) is 0 Å². The minimum Gasteiger partial charge on any atom is -0.495 e. The van der Waals surface area contributed by atoms with E-state index >= 15 is 0 Å². The zero-order valence-corrected chi connectivity index (χ0v) is 17.6. The van der Waals surface area contributed by atoms with E-state index in [0.29, 0.717) is 51.2 Å². The van der Waals surface area contributed by atoms with Gasteiger partial charge in [0, 0.05) is 5.75 Å². The maximum absolute atomic E-state index is 13.3. The summed E-state index contributed by atoms with van der Waals surface area (Å²) in [6.07, 6.45) is 0. The maximum atomic E-state index is 13.3. The monoisotopic (exact) mass is 429 g/mol. The summed E-state index contributed by atoms with van der Waals surface area (Å²) in [6.45, 7) is 0.422. The fraction of sp³-hybridized carbons (Fsp3) is 0.125.